The summed E-state index contributed by atoms with van der Waals surface area (Å²) in [5, 5.41) is -1.32. The van der Waals surface area contributed by atoms with Crippen LogP contribution in [0.4, 0.5) is 0 Å². The molecule has 1 amide bonds. The molecule has 142 valence electrons. The van der Waals surface area contributed by atoms with Crippen molar-refractivity contribution in [3.05, 3.63) is 42.2 Å². The number of imidazole rings is 1. The second-order valence-electron chi connectivity index (χ2n) is 7.04. The van der Waals surface area contributed by atoms with Gasteiger partial charge in [-0.1, -0.05) is 12.1 Å². The number of aromatic nitrogens is 2. The van der Waals surface area contributed by atoms with Gasteiger partial charge >= 0.3 is 0 Å². The Balaban J connectivity index is 2.46. The van der Waals surface area contributed by atoms with Crippen molar-refractivity contribution >= 4 is 15.7 Å². The Kier molecular flexibility index (Phi) is 5.91. The van der Waals surface area contributed by atoms with Crippen LogP contribution in [0.15, 0.2) is 41.8 Å². The number of aryl methyl sites for hydroxylation is 1. The number of sulfone groups is 1. The standard InChI is InChI=1S/C19H27N3O3S/c1-13(2)22(14(3)4)18(23)16(6)26(24,25)19-20-10-11-21(19)17-9-7-8-15(5)12-17/h7-14,16H,1-6H3/t16-/m0/s1. The molecule has 0 fully saturated rings. The first kappa shape index (κ1) is 20.2. The summed E-state index contributed by atoms with van der Waals surface area (Å²) in [6.45, 7) is 10.9. The Bertz CT molecular complexity index is 877. The van der Waals surface area contributed by atoms with Crippen LogP contribution in [0.1, 0.15) is 40.2 Å². The Labute approximate surface area is 155 Å². The first-order valence-corrected chi connectivity index (χ1v) is 10.3. The van der Waals surface area contributed by atoms with E-state index in [9.17, 15) is 13.2 Å². The van der Waals surface area contributed by atoms with Gasteiger partial charge in [0.15, 0.2) is 0 Å². The first-order chi connectivity index (χ1) is 12.1. The topological polar surface area (TPSA) is 72.3 Å². The lowest BCUT2D eigenvalue weighted by Gasteiger charge is -2.32. The first-order valence-electron chi connectivity index (χ1n) is 8.73. The molecule has 0 aliphatic heterocycles. The molecular formula is C19H27N3O3S. The minimum atomic E-state index is -3.94. The van der Waals surface area contributed by atoms with E-state index in [1.165, 1.54) is 17.7 Å². The number of rotatable bonds is 6. The van der Waals surface area contributed by atoms with Crippen molar-refractivity contribution in [1.82, 2.24) is 14.5 Å². The van der Waals surface area contributed by atoms with Gasteiger partial charge in [-0.15, -0.1) is 0 Å². The van der Waals surface area contributed by atoms with Crippen LogP contribution in [-0.2, 0) is 14.6 Å². The average Bonchev–Trinajstić information content (AvgIpc) is 3.03. The molecule has 0 saturated heterocycles. The molecular weight excluding hydrogens is 350 g/mol. The molecule has 2 rings (SSSR count). The van der Waals surface area contributed by atoms with Gasteiger partial charge in [0.05, 0.1) is 0 Å². The van der Waals surface area contributed by atoms with Gasteiger partial charge < -0.3 is 4.90 Å². The lowest BCUT2D eigenvalue weighted by molar-refractivity contribution is -0.134. The number of nitrogens with zero attached hydrogens (tertiary/aromatic N) is 3. The van der Waals surface area contributed by atoms with Crippen LogP contribution in [0.25, 0.3) is 5.69 Å². The summed E-state index contributed by atoms with van der Waals surface area (Å²) in [7, 11) is -3.94. The predicted molar refractivity (Wildman–Crippen MR) is 102 cm³/mol. The monoisotopic (exact) mass is 377 g/mol. The highest BCUT2D eigenvalue weighted by molar-refractivity contribution is 7.92. The minimum Gasteiger partial charge on any atom is -0.337 e. The SMILES string of the molecule is Cc1cccc(-n2ccnc2S(=O)(=O)[C@@H](C)C(=O)N(C(C)C)C(C)C)c1. The van der Waals surface area contributed by atoms with E-state index in [0.29, 0.717) is 5.69 Å². The summed E-state index contributed by atoms with van der Waals surface area (Å²) in [5.41, 5.74) is 1.71. The molecule has 1 aromatic heterocycles. The fourth-order valence-electron chi connectivity index (χ4n) is 3.08. The van der Waals surface area contributed by atoms with Gasteiger partial charge in [-0.25, -0.2) is 13.4 Å². The van der Waals surface area contributed by atoms with Crippen molar-refractivity contribution in [2.75, 3.05) is 0 Å². The average molecular weight is 378 g/mol. The number of carbonyl (C=O) groups excluding carboxylic acids is 1. The van der Waals surface area contributed by atoms with Crippen molar-refractivity contribution in [2.45, 2.75) is 64.0 Å². The van der Waals surface area contributed by atoms with E-state index in [1.807, 2.05) is 58.9 Å². The molecule has 7 heteroatoms. The van der Waals surface area contributed by atoms with E-state index in [2.05, 4.69) is 4.98 Å². The Hall–Kier alpha value is -2.15. The number of carbonyl (C=O) groups is 1. The summed E-state index contributed by atoms with van der Waals surface area (Å²) in [6.07, 6.45) is 3.04. The van der Waals surface area contributed by atoms with E-state index in [4.69, 9.17) is 0 Å². The van der Waals surface area contributed by atoms with E-state index in [1.54, 1.807) is 11.1 Å². The molecule has 0 spiro atoms. The van der Waals surface area contributed by atoms with Crippen molar-refractivity contribution < 1.29 is 13.2 Å². The molecule has 0 N–H and O–H groups in total. The fraction of sp³-hybridized carbons (Fsp3) is 0.474. The maximum absolute atomic E-state index is 13.1. The van der Waals surface area contributed by atoms with Crippen molar-refractivity contribution in [3.8, 4) is 5.69 Å². The van der Waals surface area contributed by atoms with Gasteiger partial charge in [0.2, 0.25) is 20.9 Å². The molecule has 1 aromatic carbocycles. The third-order valence-corrected chi connectivity index (χ3v) is 6.27. The second-order valence-corrected chi connectivity index (χ2v) is 9.20. The molecule has 6 nitrogen and oxygen atoms in total. The highest BCUT2D eigenvalue weighted by atomic mass is 32.2. The smallest absolute Gasteiger partial charge is 0.241 e. The molecule has 1 atom stereocenters. The maximum atomic E-state index is 13.1. The van der Waals surface area contributed by atoms with Gasteiger partial charge in [0.1, 0.15) is 5.25 Å². The number of amides is 1. The zero-order valence-corrected chi connectivity index (χ0v) is 17.0. The van der Waals surface area contributed by atoms with E-state index >= 15 is 0 Å². The number of hydrogen-bond donors (Lipinski definition) is 0. The molecule has 0 aliphatic rings. The van der Waals surface area contributed by atoms with Crippen LogP contribution in [0.2, 0.25) is 0 Å². The van der Waals surface area contributed by atoms with Crippen LogP contribution >= 0.6 is 0 Å². The molecule has 26 heavy (non-hydrogen) atoms. The van der Waals surface area contributed by atoms with Crippen LogP contribution in [0, 0.1) is 6.92 Å². The molecule has 0 unspecified atom stereocenters. The lowest BCUT2D eigenvalue weighted by atomic mass is 10.2. The summed E-state index contributed by atoms with van der Waals surface area (Å²) in [5.74, 6) is -0.409. The lowest BCUT2D eigenvalue weighted by Crippen LogP contribution is -2.48. The summed E-state index contributed by atoms with van der Waals surface area (Å²) < 4.78 is 27.8. The van der Waals surface area contributed by atoms with E-state index in [0.717, 1.165) is 5.56 Å². The van der Waals surface area contributed by atoms with Crippen LogP contribution < -0.4 is 0 Å². The molecule has 0 saturated carbocycles. The molecule has 0 bridgehead atoms. The van der Waals surface area contributed by atoms with Crippen LogP contribution in [0.3, 0.4) is 0 Å². The number of hydrogen-bond acceptors (Lipinski definition) is 4. The largest absolute Gasteiger partial charge is 0.337 e. The normalized spacial score (nSPS) is 13.2. The summed E-state index contributed by atoms with van der Waals surface area (Å²) >= 11 is 0. The van der Waals surface area contributed by atoms with E-state index in [-0.39, 0.29) is 17.2 Å². The Morgan fingerprint density at radius 3 is 2.27 bits per heavy atom. The molecule has 1 heterocycles. The van der Waals surface area contributed by atoms with Crippen molar-refractivity contribution in [2.24, 2.45) is 0 Å². The van der Waals surface area contributed by atoms with Crippen molar-refractivity contribution in [1.29, 1.82) is 0 Å². The van der Waals surface area contributed by atoms with Crippen LogP contribution in [-0.4, -0.2) is 46.1 Å². The molecule has 0 radical (unpaired) electrons. The predicted octanol–water partition coefficient (Wildman–Crippen LogP) is 2.99. The molecule has 0 aliphatic carbocycles. The van der Waals surface area contributed by atoms with Gasteiger partial charge in [-0.05, 0) is 59.2 Å². The van der Waals surface area contributed by atoms with E-state index < -0.39 is 21.0 Å². The van der Waals surface area contributed by atoms with Gasteiger partial charge in [-0.2, -0.15) is 0 Å². The second kappa shape index (κ2) is 7.61. The highest BCUT2D eigenvalue weighted by Crippen LogP contribution is 2.22. The third kappa shape index (κ3) is 3.82. The zero-order chi connectivity index (χ0) is 19.6. The summed E-state index contributed by atoms with van der Waals surface area (Å²) in [4.78, 5) is 18.5. The van der Waals surface area contributed by atoms with Crippen molar-refractivity contribution in [3.63, 3.8) is 0 Å². The Morgan fingerprint density at radius 2 is 1.73 bits per heavy atom. The third-order valence-electron chi connectivity index (χ3n) is 4.32. The number of benzene rings is 1. The maximum Gasteiger partial charge on any atom is 0.241 e. The summed E-state index contributed by atoms with van der Waals surface area (Å²) in [6, 6.07) is 7.31. The minimum absolute atomic E-state index is 0.0864. The fourth-order valence-corrected chi connectivity index (χ4v) is 4.43. The van der Waals surface area contributed by atoms with Gasteiger partial charge in [0, 0.05) is 30.2 Å². The van der Waals surface area contributed by atoms with Crippen LogP contribution in [0.5, 0.6) is 0 Å². The molecule has 2 aromatic rings. The Morgan fingerprint density at radius 1 is 1.12 bits per heavy atom. The van der Waals surface area contributed by atoms with Gasteiger partial charge in [0.25, 0.3) is 0 Å². The zero-order valence-electron chi connectivity index (χ0n) is 16.2. The quantitative estimate of drug-likeness (QED) is 0.776. The van der Waals surface area contributed by atoms with Gasteiger partial charge in [-0.3, -0.25) is 9.36 Å². The highest BCUT2D eigenvalue weighted by Gasteiger charge is 2.37.